The second-order valence-electron chi connectivity index (χ2n) is 16.8. The van der Waals surface area contributed by atoms with Crippen molar-refractivity contribution in [2.24, 2.45) is 50.2 Å². The van der Waals surface area contributed by atoms with Gasteiger partial charge in [-0.1, -0.05) is 60.1 Å². The molecule has 5 aliphatic carbocycles. The van der Waals surface area contributed by atoms with Crippen molar-refractivity contribution in [1.29, 1.82) is 5.26 Å². The molecule has 0 aromatic carbocycles. The summed E-state index contributed by atoms with van der Waals surface area (Å²) in [5.74, 6) is 0.105. The average Bonchev–Trinajstić information content (AvgIpc) is 2.95. The van der Waals surface area contributed by atoms with Crippen LogP contribution in [0.15, 0.2) is 23.3 Å². The number of amides is 1. The van der Waals surface area contributed by atoms with E-state index in [0.29, 0.717) is 32.9 Å². The lowest BCUT2D eigenvalue weighted by molar-refractivity contribution is -0.178. The smallest absolute Gasteiger partial charge is 0.409 e. The first-order chi connectivity index (χ1) is 20.0. The van der Waals surface area contributed by atoms with Gasteiger partial charge in [-0.3, -0.25) is 9.59 Å². The predicted molar refractivity (Wildman–Crippen MR) is 163 cm³/mol. The quantitative estimate of drug-likeness (QED) is 0.356. The van der Waals surface area contributed by atoms with Crippen LogP contribution in [-0.4, -0.2) is 55.5 Å². The molecule has 1 aliphatic heterocycles. The van der Waals surface area contributed by atoms with Crippen molar-refractivity contribution in [3.8, 4) is 6.07 Å². The number of hydrogen-bond donors (Lipinski definition) is 0. The molecular formula is C36H50N2O5. The minimum absolute atomic E-state index is 0.0350. The highest BCUT2D eigenvalue weighted by Gasteiger charge is 2.70. The van der Waals surface area contributed by atoms with Gasteiger partial charge in [0.25, 0.3) is 0 Å². The number of carbonyl (C=O) groups excluding carboxylic acids is 3. The Labute approximate surface area is 257 Å². The van der Waals surface area contributed by atoms with Gasteiger partial charge >= 0.3 is 6.09 Å². The van der Waals surface area contributed by atoms with Crippen molar-refractivity contribution < 1.29 is 23.9 Å². The third kappa shape index (κ3) is 4.25. The molecule has 234 valence electrons. The van der Waals surface area contributed by atoms with Crippen LogP contribution in [0.1, 0.15) is 93.4 Å². The molecular weight excluding hydrogens is 540 g/mol. The standard InChI is InChI=1S/C36H50N2O5/c1-31(2)10-12-36(22-43-30(41)38-14-16-42-17-15-38)13-11-35(7)28(24(36)20-31)25(39)18-27-33(5)19-23(21-37)29(40)32(3,4)26(33)8-9-34(27,35)6/h18-19,24,26,28H,8-17,20,22H2,1-7H3/t24?,26-,28?,33-,34+,35+,36+/m0/s1. The number of nitrogens with zero attached hydrogens (tertiary/aromatic N) is 2. The molecule has 1 amide bonds. The maximum atomic E-state index is 14.7. The molecule has 3 saturated carbocycles. The van der Waals surface area contributed by atoms with Crippen molar-refractivity contribution in [1.82, 2.24) is 4.90 Å². The monoisotopic (exact) mass is 590 g/mol. The van der Waals surface area contributed by atoms with E-state index >= 15 is 0 Å². The third-order valence-corrected chi connectivity index (χ3v) is 13.8. The Morgan fingerprint density at radius 3 is 2.37 bits per heavy atom. The fraction of sp³-hybridized carbons (Fsp3) is 0.778. The molecule has 0 N–H and O–H groups in total. The highest BCUT2D eigenvalue weighted by Crippen LogP contribution is 2.74. The Morgan fingerprint density at radius 2 is 1.70 bits per heavy atom. The summed E-state index contributed by atoms with van der Waals surface area (Å²) in [7, 11) is 0. The number of carbonyl (C=O) groups is 3. The lowest BCUT2D eigenvalue weighted by Gasteiger charge is -2.69. The SMILES string of the molecule is CC1(C)CC[C@]2(COC(=O)N3CCOCC3)CC[C@]3(C)C(C(=O)C=C4[C@@]5(C)C=C(C#N)C(=O)C(C)(C)[C@@H]5CC[C@]43C)C2C1. The highest BCUT2D eigenvalue weighted by molar-refractivity contribution is 6.04. The Balaban J connectivity index is 1.40. The molecule has 4 fully saturated rings. The summed E-state index contributed by atoms with van der Waals surface area (Å²) in [6.45, 7) is 18.0. The highest BCUT2D eigenvalue weighted by atomic mass is 16.6. The van der Waals surface area contributed by atoms with Gasteiger partial charge in [-0.2, -0.15) is 5.26 Å². The van der Waals surface area contributed by atoms with E-state index in [2.05, 4.69) is 40.7 Å². The van der Waals surface area contributed by atoms with Crippen LogP contribution in [-0.2, 0) is 19.1 Å². The minimum Gasteiger partial charge on any atom is -0.449 e. The predicted octanol–water partition coefficient (Wildman–Crippen LogP) is 6.67. The molecule has 0 bridgehead atoms. The molecule has 0 spiro atoms. The van der Waals surface area contributed by atoms with Crippen molar-refractivity contribution >= 4 is 17.7 Å². The normalized spacial score (nSPS) is 43.1. The Hall–Kier alpha value is -2.46. The van der Waals surface area contributed by atoms with Gasteiger partial charge in [0.2, 0.25) is 0 Å². The first-order valence-corrected chi connectivity index (χ1v) is 16.5. The van der Waals surface area contributed by atoms with Gasteiger partial charge in [0, 0.05) is 35.3 Å². The first-order valence-electron chi connectivity index (χ1n) is 16.5. The van der Waals surface area contributed by atoms with E-state index in [1.54, 1.807) is 4.90 Å². The number of Topliss-reactive ketones (excluding diaryl/α,β-unsaturated/α-hetero) is 1. The van der Waals surface area contributed by atoms with E-state index in [-0.39, 0.29) is 62.6 Å². The summed E-state index contributed by atoms with van der Waals surface area (Å²) in [6, 6.07) is 2.20. The molecule has 2 unspecified atom stereocenters. The number of morpholine rings is 1. The van der Waals surface area contributed by atoms with Crippen LogP contribution in [0.3, 0.4) is 0 Å². The van der Waals surface area contributed by atoms with Crippen LogP contribution in [0.2, 0.25) is 0 Å². The third-order valence-electron chi connectivity index (χ3n) is 13.8. The van der Waals surface area contributed by atoms with Gasteiger partial charge < -0.3 is 14.4 Å². The summed E-state index contributed by atoms with van der Waals surface area (Å²) >= 11 is 0. The summed E-state index contributed by atoms with van der Waals surface area (Å²) < 4.78 is 11.5. The Bertz CT molecular complexity index is 1350. The number of ketones is 2. The fourth-order valence-electron chi connectivity index (χ4n) is 11.0. The van der Waals surface area contributed by atoms with Gasteiger partial charge in [0.1, 0.15) is 6.07 Å². The number of fused-ring (bicyclic) bond motifs is 7. The minimum atomic E-state index is -0.670. The number of ether oxygens (including phenoxy) is 2. The number of allylic oxidation sites excluding steroid dienone is 4. The van der Waals surface area contributed by atoms with Crippen LogP contribution in [0.4, 0.5) is 4.79 Å². The molecule has 6 rings (SSSR count). The molecule has 6 aliphatic rings. The summed E-state index contributed by atoms with van der Waals surface area (Å²) in [6.07, 6.45) is 10.2. The van der Waals surface area contributed by atoms with Crippen LogP contribution in [0, 0.1) is 61.6 Å². The molecule has 0 aromatic heterocycles. The topological polar surface area (TPSA) is 96.7 Å². The van der Waals surface area contributed by atoms with E-state index in [1.807, 2.05) is 26.0 Å². The molecule has 0 aromatic rings. The van der Waals surface area contributed by atoms with E-state index in [0.717, 1.165) is 50.5 Å². The summed E-state index contributed by atoms with van der Waals surface area (Å²) in [5.41, 5.74) is -0.486. The zero-order valence-corrected chi connectivity index (χ0v) is 27.3. The number of nitriles is 1. The van der Waals surface area contributed by atoms with Gasteiger partial charge in [-0.15, -0.1) is 0 Å². The van der Waals surface area contributed by atoms with Crippen LogP contribution in [0.25, 0.3) is 0 Å². The van der Waals surface area contributed by atoms with E-state index in [4.69, 9.17) is 9.47 Å². The molecule has 1 heterocycles. The van der Waals surface area contributed by atoms with E-state index in [1.165, 1.54) is 0 Å². The average molecular weight is 591 g/mol. The van der Waals surface area contributed by atoms with Gasteiger partial charge in [0.15, 0.2) is 11.6 Å². The second kappa shape index (κ2) is 9.77. The van der Waals surface area contributed by atoms with Crippen molar-refractivity contribution in [2.45, 2.75) is 93.4 Å². The molecule has 7 nitrogen and oxygen atoms in total. The van der Waals surface area contributed by atoms with Gasteiger partial charge in [0.05, 0.1) is 25.4 Å². The Morgan fingerprint density at radius 1 is 1.02 bits per heavy atom. The summed E-state index contributed by atoms with van der Waals surface area (Å²) in [4.78, 5) is 42.8. The molecule has 0 radical (unpaired) electrons. The van der Waals surface area contributed by atoms with E-state index in [9.17, 15) is 19.6 Å². The van der Waals surface area contributed by atoms with E-state index < -0.39 is 10.8 Å². The number of rotatable bonds is 2. The fourth-order valence-corrected chi connectivity index (χ4v) is 11.0. The van der Waals surface area contributed by atoms with Crippen molar-refractivity contribution in [2.75, 3.05) is 32.9 Å². The lowest BCUT2D eigenvalue weighted by Crippen LogP contribution is -2.65. The van der Waals surface area contributed by atoms with Gasteiger partial charge in [-0.25, -0.2) is 4.79 Å². The maximum Gasteiger partial charge on any atom is 0.409 e. The zero-order valence-electron chi connectivity index (χ0n) is 27.3. The zero-order chi connectivity index (χ0) is 31.2. The molecule has 43 heavy (non-hydrogen) atoms. The Kier molecular flexibility index (Phi) is 6.94. The van der Waals surface area contributed by atoms with Crippen molar-refractivity contribution in [3.63, 3.8) is 0 Å². The lowest BCUT2D eigenvalue weighted by atomic mass is 9.34. The van der Waals surface area contributed by atoms with Crippen LogP contribution < -0.4 is 0 Å². The molecule has 1 saturated heterocycles. The number of hydrogen-bond acceptors (Lipinski definition) is 6. The largest absolute Gasteiger partial charge is 0.449 e. The van der Waals surface area contributed by atoms with Gasteiger partial charge in [-0.05, 0) is 79.1 Å². The second-order valence-corrected chi connectivity index (χ2v) is 16.8. The molecule has 7 heteroatoms. The molecule has 7 atom stereocenters. The van der Waals surface area contributed by atoms with Crippen LogP contribution in [0.5, 0.6) is 0 Å². The maximum absolute atomic E-state index is 14.7. The first kappa shape index (κ1) is 30.6. The van der Waals surface area contributed by atoms with Crippen LogP contribution >= 0.6 is 0 Å². The summed E-state index contributed by atoms with van der Waals surface area (Å²) in [5, 5.41) is 9.96. The van der Waals surface area contributed by atoms with Crippen molar-refractivity contribution in [3.05, 3.63) is 23.3 Å².